The smallest absolute Gasteiger partial charge is 0.244 e. The van der Waals surface area contributed by atoms with Gasteiger partial charge in [0.25, 0.3) is 0 Å². The fourth-order valence-corrected chi connectivity index (χ4v) is 1.69. The normalized spacial score (nSPS) is 33.7. The second-order valence-corrected chi connectivity index (χ2v) is 3.21. The van der Waals surface area contributed by atoms with E-state index in [2.05, 4.69) is 15.8 Å². The molecule has 0 aromatic rings. The number of carbonyl (C=O) groups is 1. The van der Waals surface area contributed by atoms with Crippen LogP contribution >= 0.6 is 0 Å². The third kappa shape index (κ3) is 0.956. The molecule has 0 bridgehead atoms. The Hall–Kier alpha value is -1.16. The molecular formula is C8H11N3O. The topological polar surface area (TPSA) is 53.5 Å². The number of rotatable bonds is 0. The summed E-state index contributed by atoms with van der Waals surface area (Å²) in [6, 6.07) is 0. The van der Waals surface area contributed by atoms with E-state index in [1.807, 2.05) is 19.9 Å². The second kappa shape index (κ2) is 2.42. The average molecular weight is 165 g/mol. The van der Waals surface area contributed by atoms with Crippen LogP contribution in [0.25, 0.3) is 0 Å². The summed E-state index contributed by atoms with van der Waals surface area (Å²) in [4.78, 5) is 15.5. The van der Waals surface area contributed by atoms with Crippen LogP contribution in [0.3, 0.4) is 0 Å². The summed E-state index contributed by atoms with van der Waals surface area (Å²) >= 11 is 0. The molecule has 2 atom stereocenters. The number of nitrogens with one attached hydrogen (secondary N) is 2. The molecule has 0 aliphatic carbocycles. The van der Waals surface area contributed by atoms with Crippen molar-refractivity contribution in [1.29, 1.82) is 0 Å². The highest BCUT2D eigenvalue weighted by Gasteiger charge is 2.37. The fraction of sp³-hybridized carbons (Fsp3) is 0.500. The molecule has 0 aromatic carbocycles. The standard InChI is InChI=1S/C8H11N3O/c1-4-3-5(2)9-7-6(4)8(12)11-10-7/h3,6-7,10H,1-2H3,(H,11,12). The van der Waals surface area contributed by atoms with Crippen molar-refractivity contribution >= 4 is 11.6 Å². The summed E-state index contributed by atoms with van der Waals surface area (Å²) in [6.45, 7) is 3.90. The number of hydrogen-bond acceptors (Lipinski definition) is 3. The predicted molar refractivity (Wildman–Crippen MR) is 45.4 cm³/mol. The van der Waals surface area contributed by atoms with E-state index >= 15 is 0 Å². The van der Waals surface area contributed by atoms with Gasteiger partial charge in [0, 0.05) is 5.71 Å². The van der Waals surface area contributed by atoms with Crippen molar-refractivity contribution in [1.82, 2.24) is 10.9 Å². The summed E-state index contributed by atoms with van der Waals surface area (Å²) < 4.78 is 0. The van der Waals surface area contributed by atoms with Crippen LogP contribution in [0.15, 0.2) is 16.6 Å². The SMILES string of the molecule is CC1=CC(C)=NC2NNC(=O)C12. The number of nitrogens with zero attached hydrogens (tertiary/aromatic N) is 1. The van der Waals surface area contributed by atoms with Crippen LogP contribution in [0.4, 0.5) is 0 Å². The monoisotopic (exact) mass is 165 g/mol. The molecule has 4 nitrogen and oxygen atoms in total. The number of dihydropyridines is 1. The van der Waals surface area contributed by atoms with Crippen molar-refractivity contribution in [2.45, 2.75) is 20.0 Å². The molecule has 1 amide bonds. The quantitative estimate of drug-likeness (QED) is 0.530. The zero-order valence-electron chi connectivity index (χ0n) is 7.09. The Morgan fingerprint density at radius 3 is 3.00 bits per heavy atom. The number of hydrogen-bond donors (Lipinski definition) is 2. The van der Waals surface area contributed by atoms with Gasteiger partial charge in [-0.05, 0) is 19.9 Å². The zero-order valence-corrected chi connectivity index (χ0v) is 7.09. The third-order valence-corrected chi connectivity index (χ3v) is 2.21. The lowest BCUT2D eigenvalue weighted by molar-refractivity contribution is -0.121. The molecular weight excluding hydrogens is 154 g/mol. The summed E-state index contributed by atoms with van der Waals surface area (Å²) in [5.74, 6) is -0.0845. The molecule has 64 valence electrons. The highest BCUT2D eigenvalue weighted by molar-refractivity contribution is 5.97. The van der Waals surface area contributed by atoms with Crippen LogP contribution in [0.2, 0.25) is 0 Å². The van der Waals surface area contributed by atoms with E-state index in [-0.39, 0.29) is 18.0 Å². The van der Waals surface area contributed by atoms with Gasteiger partial charge in [-0.15, -0.1) is 0 Å². The maximum Gasteiger partial charge on any atom is 0.244 e. The Balaban J connectivity index is 2.36. The van der Waals surface area contributed by atoms with Gasteiger partial charge in [0.1, 0.15) is 6.17 Å². The highest BCUT2D eigenvalue weighted by Crippen LogP contribution is 2.23. The van der Waals surface area contributed by atoms with Crippen molar-refractivity contribution in [2.75, 3.05) is 0 Å². The number of hydrazine groups is 1. The van der Waals surface area contributed by atoms with Crippen LogP contribution in [0.1, 0.15) is 13.8 Å². The molecule has 2 unspecified atom stereocenters. The summed E-state index contributed by atoms with van der Waals surface area (Å²) in [5, 5.41) is 0. The second-order valence-electron chi connectivity index (χ2n) is 3.21. The molecule has 2 aliphatic heterocycles. The Kier molecular flexibility index (Phi) is 1.51. The lowest BCUT2D eigenvalue weighted by atomic mass is 9.94. The minimum Gasteiger partial charge on any atom is -0.289 e. The molecule has 1 saturated heterocycles. The van der Waals surface area contributed by atoms with E-state index in [1.54, 1.807) is 0 Å². The van der Waals surface area contributed by atoms with E-state index in [1.165, 1.54) is 0 Å². The number of fused-ring (bicyclic) bond motifs is 1. The lowest BCUT2D eigenvalue weighted by Crippen LogP contribution is -2.32. The zero-order chi connectivity index (χ0) is 8.72. The van der Waals surface area contributed by atoms with Gasteiger partial charge in [-0.1, -0.05) is 5.57 Å². The van der Waals surface area contributed by atoms with Gasteiger partial charge in [0.2, 0.25) is 5.91 Å². The Bertz CT molecular complexity index is 293. The van der Waals surface area contributed by atoms with E-state index in [9.17, 15) is 4.79 Å². The number of carbonyl (C=O) groups excluding carboxylic acids is 1. The summed E-state index contributed by atoms with van der Waals surface area (Å²) in [7, 11) is 0. The van der Waals surface area contributed by atoms with Gasteiger partial charge >= 0.3 is 0 Å². The van der Waals surface area contributed by atoms with Gasteiger partial charge in [0.15, 0.2) is 0 Å². The molecule has 2 aliphatic rings. The first-order chi connectivity index (χ1) is 5.68. The average Bonchev–Trinajstić information content (AvgIpc) is 2.31. The van der Waals surface area contributed by atoms with Crippen molar-refractivity contribution in [2.24, 2.45) is 10.9 Å². The molecule has 12 heavy (non-hydrogen) atoms. The molecule has 0 spiro atoms. The molecule has 2 rings (SSSR count). The Morgan fingerprint density at radius 1 is 1.50 bits per heavy atom. The summed E-state index contributed by atoms with van der Waals surface area (Å²) in [5.41, 5.74) is 7.47. The minimum absolute atomic E-state index is 0.0185. The van der Waals surface area contributed by atoms with Gasteiger partial charge in [-0.2, -0.15) is 0 Å². The molecule has 0 saturated carbocycles. The van der Waals surface area contributed by atoms with Crippen LogP contribution in [-0.2, 0) is 4.79 Å². The number of aliphatic imine (C=N–C) groups is 1. The molecule has 1 fully saturated rings. The Morgan fingerprint density at radius 2 is 2.25 bits per heavy atom. The third-order valence-electron chi connectivity index (χ3n) is 2.21. The maximum atomic E-state index is 11.2. The molecule has 4 heteroatoms. The van der Waals surface area contributed by atoms with E-state index in [4.69, 9.17) is 0 Å². The largest absolute Gasteiger partial charge is 0.289 e. The molecule has 2 heterocycles. The first-order valence-corrected chi connectivity index (χ1v) is 3.96. The van der Waals surface area contributed by atoms with Crippen LogP contribution < -0.4 is 10.9 Å². The Labute approximate surface area is 70.7 Å². The van der Waals surface area contributed by atoms with Crippen molar-refractivity contribution in [3.8, 4) is 0 Å². The minimum atomic E-state index is -0.103. The van der Waals surface area contributed by atoms with Crippen LogP contribution in [0.5, 0.6) is 0 Å². The first kappa shape index (κ1) is 7.49. The van der Waals surface area contributed by atoms with Crippen molar-refractivity contribution in [3.63, 3.8) is 0 Å². The fourth-order valence-electron chi connectivity index (χ4n) is 1.69. The summed E-state index contributed by atoms with van der Waals surface area (Å²) in [6.07, 6.45) is 1.86. The van der Waals surface area contributed by atoms with E-state index in [0.29, 0.717) is 0 Å². The van der Waals surface area contributed by atoms with Gasteiger partial charge in [0.05, 0.1) is 5.92 Å². The molecule has 0 aromatic heterocycles. The van der Waals surface area contributed by atoms with Crippen molar-refractivity contribution < 1.29 is 4.79 Å². The molecule has 0 radical (unpaired) electrons. The lowest BCUT2D eigenvalue weighted by Gasteiger charge is -2.18. The van der Waals surface area contributed by atoms with Crippen LogP contribution in [0, 0.1) is 5.92 Å². The number of amides is 1. The predicted octanol–water partition coefficient (Wildman–Crippen LogP) is -0.0161. The maximum absolute atomic E-state index is 11.2. The highest BCUT2D eigenvalue weighted by atomic mass is 16.2. The first-order valence-electron chi connectivity index (χ1n) is 3.96. The van der Waals surface area contributed by atoms with Gasteiger partial charge in [-0.3, -0.25) is 15.2 Å². The van der Waals surface area contributed by atoms with E-state index < -0.39 is 0 Å². The van der Waals surface area contributed by atoms with Gasteiger partial charge in [-0.25, -0.2) is 5.43 Å². The van der Waals surface area contributed by atoms with Crippen LogP contribution in [-0.4, -0.2) is 17.8 Å². The van der Waals surface area contributed by atoms with Crippen molar-refractivity contribution in [3.05, 3.63) is 11.6 Å². The van der Waals surface area contributed by atoms with E-state index in [0.717, 1.165) is 11.3 Å². The molecule has 2 N–H and O–H groups in total. The van der Waals surface area contributed by atoms with Gasteiger partial charge < -0.3 is 0 Å². The number of allylic oxidation sites excluding steroid dienone is 1.